The summed E-state index contributed by atoms with van der Waals surface area (Å²) < 4.78 is 0. The van der Waals surface area contributed by atoms with Gasteiger partial charge in [0, 0.05) is 31.7 Å². The van der Waals surface area contributed by atoms with Crippen LogP contribution in [0.4, 0.5) is 0 Å². The third-order valence-electron chi connectivity index (χ3n) is 4.77. The summed E-state index contributed by atoms with van der Waals surface area (Å²) in [5, 5.41) is 18.6. The molecule has 0 saturated heterocycles. The van der Waals surface area contributed by atoms with E-state index in [4.69, 9.17) is 5.26 Å². The normalized spacial score (nSPS) is 9.00. The second-order valence-corrected chi connectivity index (χ2v) is 7.46. The summed E-state index contributed by atoms with van der Waals surface area (Å²) in [4.78, 5) is 24.6. The van der Waals surface area contributed by atoms with Gasteiger partial charge < -0.3 is 15.1 Å². The summed E-state index contributed by atoms with van der Waals surface area (Å²) in [5.74, 6) is 0.462. The second kappa shape index (κ2) is 18.2. The quantitative estimate of drug-likeness (QED) is 0.237. The van der Waals surface area contributed by atoms with Gasteiger partial charge in [0.25, 0.3) is 0 Å². The summed E-state index contributed by atoms with van der Waals surface area (Å²) in [5.41, 5.74) is 4.22. The minimum Gasteiger partial charge on any atom is -0.872 e. The van der Waals surface area contributed by atoms with Crippen molar-refractivity contribution in [2.75, 3.05) is 0 Å². The number of pyridine rings is 4. The Morgan fingerprint density at radius 2 is 0.950 bits per heavy atom. The Morgan fingerprint density at radius 1 is 0.575 bits per heavy atom. The summed E-state index contributed by atoms with van der Waals surface area (Å²) in [7, 11) is 0. The van der Waals surface area contributed by atoms with Crippen LogP contribution in [-0.4, -0.2) is 24.9 Å². The van der Waals surface area contributed by atoms with E-state index in [9.17, 15) is 5.11 Å². The molecule has 198 valence electrons. The predicted octanol–water partition coefficient (Wildman–Crippen LogP) is 5.59. The molecule has 0 fully saturated rings. The van der Waals surface area contributed by atoms with Crippen LogP contribution in [-0.2, 0) is 19.5 Å². The van der Waals surface area contributed by atoms with Crippen LogP contribution >= 0.6 is 0 Å². The number of rotatable bonds is 3. The number of hydrogen-bond acceptors (Lipinski definition) is 7. The molecule has 0 aliphatic rings. The van der Waals surface area contributed by atoms with Crippen molar-refractivity contribution in [3.8, 4) is 46.0 Å². The first kappa shape index (κ1) is 31.2. The summed E-state index contributed by atoms with van der Waals surface area (Å²) in [6.07, 6.45) is 10.2. The topological polar surface area (TPSA) is 125 Å². The van der Waals surface area contributed by atoms with Gasteiger partial charge in [-0.1, -0.05) is 66.7 Å². The molecule has 9 heteroatoms. The minimum absolute atomic E-state index is 0. The van der Waals surface area contributed by atoms with Crippen LogP contribution < -0.4 is 10.1 Å². The predicted molar refractivity (Wildman–Crippen MR) is 149 cm³/mol. The molecule has 0 N–H and O–H groups in total. The Morgan fingerprint density at radius 3 is 1.25 bits per heavy atom. The van der Waals surface area contributed by atoms with E-state index >= 15 is 0 Å². The average molecular weight is 613 g/mol. The zero-order valence-electron chi connectivity index (χ0n) is 21.6. The number of nitriles is 1. The third-order valence-corrected chi connectivity index (χ3v) is 4.77. The maximum atomic E-state index is 11.2. The van der Waals surface area contributed by atoms with Crippen molar-refractivity contribution in [1.82, 2.24) is 29.9 Å². The zero-order chi connectivity index (χ0) is 27.5. The molecule has 0 bridgehead atoms. The zero-order valence-corrected chi connectivity index (χ0v) is 23.3. The maximum Gasteiger partial charge on any atom is 2.00 e. The van der Waals surface area contributed by atoms with Crippen molar-refractivity contribution in [2.45, 2.75) is 6.92 Å². The first-order chi connectivity index (χ1) is 19.2. The van der Waals surface area contributed by atoms with E-state index in [1.54, 1.807) is 61.4 Å². The minimum atomic E-state index is -0.0382. The van der Waals surface area contributed by atoms with Crippen LogP contribution in [0.2, 0.25) is 0 Å². The fourth-order valence-corrected chi connectivity index (χ4v) is 3.09. The Balaban J connectivity index is 0.000000198. The molecule has 0 amide bonds. The summed E-state index contributed by atoms with van der Waals surface area (Å²) in [6.45, 7) is 1.43. The molecule has 0 atom stereocenters. The first-order valence-corrected chi connectivity index (χ1v) is 11.9. The van der Waals surface area contributed by atoms with Crippen molar-refractivity contribution >= 4 is 0 Å². The van der Waals surface area contributed by atoms with Gasteiger partial charge >= 0.3 is 19.5 Å². The molecule has 0 radical (unpaired) electrons. The van der Waals surface area contributed by atoms with E-state index in [2.05, 4.69) is 29.9 Å². The van der Waals surface area contributed by atoms with Gasteiger partial charge in [0.05, 0.1) is 28.8 Å². The van der Waals surface area contributed by atoms with E-state index in [0.29, 0.717) is 11.4 Å². The smallest absolute Gasteiger partial charge is 0.872 e. The van der Waals surface area contributed by atoms with Gasteiger partial charge in [0.1, 0.15) is 0 Å². The molecule has 6 rings (SSSR count). The first-order valence-electron chi connectivity index (χ1n) is 11.9. The Hall–Kier alpha value is -5.06. The van der Waals surface area contributed by atoms with Crippen molar-refractivity contribution in [3.63, 3.8) is 0 Å². The van der Waals surface area contributed by atoms with E-state index in [1.807, 2.05) is 72.8 Å². The van der Waals surface area contributed by atoms with Gasteiger partial charge in [0.2, 0.25) is 0 Å². The molecule has 0 spiro atoms. The molecule has 0 aliphatic carbocycles. The van der Waals surface area contributed by atoms with Crippen LogP contribution in [0.3, 0.4) is 0 Å². The van der Waals surface area contributed by atoms with Gasteiger partial charge in [0.15, 0.2) is 0 Å². The fraction of sp³-hybridized carbons (Fsp3) is 0.0323. The fourth-order valence-electron chi connectivity index (χ4n) is 3.09. The van der Waals surface area contributed by atoms with Gasteiger partial charge in [-0.25, -0.2) is 0 Å². The average Bonchev–Trinajstić information content (AvgIpc) is 3.55. The van der Waals surface area contributed by atoms with Crippen LogP contribution in [0.1, 0.15) is 6.92 Å². The van der Waals surface area contributed by atoms with Gasteiger partial charge in [-0.2, -0.15) is 5.26 Å². The third kappa shape index (κ3) is 10.4. The molecule has 8 nitrogen and oxygen atoms in total. The number of imidazole rings is 1. The number of nitrogens with zero attached hydrogens (tertiary/aromatic N) is 7. The van der Waals surface area contributed by atoms with Crippen molar-refractivity contribution in [2.24, 2.45) is 0 Å². The molecule has 1 aromatic carbocycles. The van der Waals surface area contributed by atoms with Gasteiger partial charge in [-0.3, -0.25) is 19.9 Å². The van der Waals surface area contributed by atoms with Crippen LogP contribution in [0.25, 0.3) is 34.2 Å². The molecule has 40 heavy (non-hydrogen) atoms. The number of aromatic nitrogens is 6. The van der Waals surface area contributed by atoms with E-state index < -0.39 is 0 Å². The SMILES string of the molecule is CC#N.[O-]c1ccccc1-c1ncc[n-]1.[Ru+2].c1ccc(-c2ccccn2)nc1.c1ccc(-c2ccccn2)nc1. The molecular formula is C31H25N7ORu. The standard InChI is InChI=1S/2C10H8N2.C9H7N2O.C2H3N.Ru/c2*1-3-7-11-9(5-1)10-6-2-4-8-12-10;12-8-4-2-1-3-7(8)9-10-5-6-11-9;1-2-3;/h2*1-8H;1-6H,(H-,10,11,12);1H3;/q;;-1;;+2/p-1. The molecule has 5 aromatic heterocycles. The number of hydrogen-bond donors (Lipinski definition) is 0. The molecule has 0 saturated carbocycles. The van der Waals surface area contributed by atoms with Crippen molar-refractivity contribution < 1.29 is 24.6 Å². The molecule has 0 unspecified atom stereocenters. The Labute approximate surface area is 246 Å². The van der Waals surface area contributed by atoms with Gasteiger partial charge in [-0.05, 0) is 54.1 Å². The van der Waals surface area contributed by atoms with Crippen molar-refractivity contribution in [3.05, 3.63) is 134 Å². The summed E-state index contributed by atoms with van der Waals surface area (Å²) in [6, 6.07) is 31.7. The monoisotopic (exact) mass is 613 g/mol. The number of para-hydroxylation sites is 1. The van der Waals surface area contributed by atoms with Gasteiger partial charge in [-0.15, -0.1) is 5.75 Å². The van der Waals surface area contributed by atoms with Crippen LogP contribution in [0.5, 0.6) is 5.75 Å². The largest absolute Gasteiger partial charge is 2.00 e. The van der Waals surface area contributed by atoms with Crippen LogP contribution in [0.15, 0.2) is 134 Å². The molecular weight excluding hydrogens is 587 g/mol. The maximum absolute atomic E-state index is 11.2. The number of benzene rings is 1. The summed E-state index contributed by atoms with van der Waals surface area (Å²) >= 11 is 0. The van der Waals surface area contributed by atoms with Crippen molar-refractivity contribution in [1.29, 1.82) is 5.26 Å². The second-order valence-electron chi connectivity index (χ2n) is 7.46. The Bertz CT molecular complexity index is 1360. The molecule has 6 aromatic rings. The van der Waals surface area contributed by atoms with E-state index in [-0.39, 0.29) is 25.2 Å². The van der Waals surface area contributed by atoms with E-state index in [1.165, 1.54) is 13.0 Å². The van der Waals surface area contributed by atoms with E-state index in [0.717, 1.165) is 22.8 Å². The Kier molecular flexibility index (Phi) is 14.2. The molecule has 0 aliphatic heterocycles. The molecule has 5 heterocycles. The van der Waals surface area contributed by atoms with Crippen LogP contribution in [0, 0.1) is 11.3 Å².